The highest BCUT2D eigenvalue weighted by molar-refractivity contribution is 6.06. The summed E-state index contributed by atoms with van der Waals surface area (Å²) < 4.78 is 7.10. The number of pyridine rings is 1. The molecule has 0 radical (unpaired) electrons. The van der Waals surface area contributed by atoms with Crippen molar-refractivity contribution in [1.82, 2.24) is 9.88 Å². The molecule has 2 aliphatic rings. The third kappa shape index (κ3) is 2.96. The fraction of sp³-hybridized carbons (Fsp3) is 0.474. The van der Waals surface area contributed by atoms with Gasteiger partial charge >= 0.3 is 0 Å². The maximum atomic E-state index is 12.8. The van der Waals surface area contributed by atoms with Crippen molar-refractivity contribution in [1.29, 1.82) is 0 Å². The summed E-state index contributed by atoms with van der Waals surface area (Å²) in [5.74, 6) is 0.385. The van der Waals surface area contributed by atoms with Gasteiger partial charge in [-0.1, -0.05) is 18.2 Å². The molecule has 126 valence electrons. The molecule has 4 rings (SSSR count). The third-order valence-corrected chi connectivity index (χ3v) is 5.03. The van der Waals surface area contributed by atoms with Crippen molar-refractivity contribution in [3.63, 3.8) is 0 Å². The Morgan fingerprint density at radius 1 is 1.12 bits per heavy atom. The molecule has 0 bridgehead atoms. The first-order valence-corrected chi connectivity index (χ1v) is 8.74. The molecular formula is C19H22N2O3. The first-order valence-electron chi connectivity index (χ1n) is 8.74. The van der Waals surface area contributed by atoms with Gasteiger partial charge in [-0.05, 0) is 37.7 Å². The number of amides is 1. The highest BCUT2D eigenvalue weighted by atomic mass is 16.5. The number of carbonyl (C=O) groups is 1. The lowest BCUT2D eigenvalue weighted by Crippen LogP contribution is -2.33. The lowest BCUT2D eigenvalue weighted by molar-refractivity contribution is 0.0643. The summed E-state index contributed by atoms with van der Waals surface area (Å²) in [7, 11) is 0. The second kappa shape index (κ2) is 6.40. The first-order chi connectivity index (χ1) is 11.7. The van der Waals surface area contributed by atoms with Gasteiger partial charge in [0, 0.05) is 42.8 Å². The second-order valence-corrected chi connectivity index (χ2v) is 6.80. The molecule has 1 aromatic heterocycles. The van der Waals surface area contributed by atoms with Crippen LogP contribution < -0.4 is 10.9 Å². The van der Waals surface area contributed by atoms with E-state index >= 15 is 0 Å². The highest BCUT2D eigenvalue weighted by Gasteiger charge is 2.27. The van der Waals surface area contributed by atoms with E-state index in [9.17, 15) is 9.59 Å². The fourth-order valence-electron chi connectivity index (χ4n) is 3.40. The van der Waals surface area contributed by atoms with Gasteiger partial charge in [-0.2, -0.15) is 0 Å². The summed E-state index contributed by atoms with van der Waals surface area (Å²) >= 11 is 0. The van der Waals surface area contributed by atoms with E-state index in [0.29, 0.717) is 23.4 Å². The molecule has 0 atom stereocenters. The van der Waals surface area contributed by atoms with Crippen molar-refractivity contribution < 1.29 is 9.53 Å². The Morgan fingerprint density at radius 2 is 1.83 bits per heavy atom. The van der Waals surface area contributed by atoms with Crippen LogP contribution in [-0.2, 0) is 4.74 Å². The van der Waals surface area contributed by atoms with Gasteiger partial charge in [0.25, 0.3) is 11.5 Å². The number of hydrogen-bond donors (Lipinski definition) is 1. The summed E-state index contributed by atoms with van der Waals surface area (Å²) in [5, 5.41) is 4.42. The molecule has 0 unspecified atom stereocenters. The number of aromatic nitrogens is 1. The molecule has 2 aromatic rings. The van der Waals surface area contributed by atoms with Gasteiger partial charge in [-0.15, -0.1) is 0 Å². The molecule has 1 amide bonds. The van der Waals surface area contributed by atoms with E-state index in [2.05, 4.69) is 5.32 Å². The van der Waals surface area contributed by atoms with E-state index < -0.39 is 0 Å². The molecule has 1 saturated carbocycles. The average molecular weight is 326 g/mol. The molecule has 2 heterocycles. The van der Waals surface area contributed by atoms with Gasteiger partial charge in [0.1, 0.15) is 0 Å². The Morgan fingerprint density at radius 3 is 2.54 bits per heavy atom. The molecule has 5 nitrogen and oxygen atoms in total. The van der Waals surface area contributed by atoms with E-state index in [0.717, 1.165) is 44.3 Å². The number of rotatable bonds is 4. The number of nitrogens with one attached hydrogen (secondary N) is 1. The minimum atomic E-state index is -0.0907. The molecule has 24 heavy (non-hydrogen) atoms. The molecule has 1 aromatic carbocycles. The topological polar surface area (TPSA) is 60.3 Å². The molecule has 0 spiro atoms. The number of hydrogen-bond acceptors (Lipinski definition) is 3. The predicted molar refractivity (Wildman–Crippen MR) is 92.4 cm³/mol. The molecule has 1 aliphatic heterocycles. The summed E-state index contributed by atoms with van der Waals surface area (Å²) in [5.41, 5.74) is 0.609. The molecule has 2 fully saturated rings. The normalized spacial score (nSPS) is 18.7. The summed E-state index contributed by atoms with van der Waals surface area (Å²) in [6, 6.07) is 7.65. The Kier molecular flexibility index (Phi) is 4.10. The van der Waals surface area contributed by atoms with Crippen LogP contribution in [0.5, 0.6) is 0 Å². The Labute approximate surface area is 140 Å². The average Bonchev–Trinajstić information content (AvgIpc) is 3.46. The van der Waals surface area contributed by atoms with Crippen molar-refractivity contribution in [3.8, 4) is 0 Å². The monoisotopic (exact) mass is 326 g/mol. The summed E-state index contributed by atoms with van der Waals surface area (Å²) in [6.07, 6.45) is 5.76. The van der Waals surface area contributed by atoms with Gasteiger partial charge in [0.15, 0.2) is 0 Å². The van der Waals surface area contributed by atoms with E-state index in [1.807, 2.05) is 24.3 Å². The maximum Gasteiger partial charge on any atom is 0.258 e. The Hall–Kier alpha value is -2.14. The zero-order valence-corrected chi connectivity index (χ0v) is 13.7. The molecule has 1 aliphatic carbocycles. The number of nitrogens with zero attached hydrogens (tertiary/aromatic N) is 1. The van der Waals surface area contributed by atoms with Crippen molar-refractivity contribution in [2.24, 2.45) is 5.92 Å². The predicted octanol–water partition coefficient (Wildman–Crippen LogP) is 2.49. The van der Waals surface area contributed by atoms with Crippen LogP contribution in [0, 0.1) is 5.92 Å². The van der Waals surface area contributed by atoms with Crippen LogP contribution in [0.3, 0.4) is 0 Å². The lowest BCUT2D eigenvalue weighted by atomic mass is 10.00. The van der Waals surface area contributed by atoms with Crippen LogP contribution in [0.4, 0.5) is 0 Å². The van der Waals surface area contributed by atoms with Crippen molar-refractivity contribution in [2.45, 2.75) is 31.7 Å². The van der Waals surface area contributed by atoms with Gasteiger partial charge in [0.05, 0.1) is 5.56 Å². The number of carbonyl (C=O) groups excluding carboxylic acids is 1. The zero-order valence-electron chi connectivity index (χ0n) is 13.7. The van der Waals surface area contributed by atoms with E-state index in [-0.39, 0.29) is 17.5 Å². The van der Waals surface area contributed by atoms with Gasteiger partial charge in [-0.25, -0.2) is 0 Å². The van der Waals surface area contributed by atoms with Crippen molar-refractivity contribution >= 4 is 16.7 Å². The molecule has 1 N–H and O–H groups in total. The van der Waals surface area contributed by atoms with E-state index in [4.69, 9.17) is 4.74 Å². The second-order valence-electron chi connectivity index (χ2n) is 6.80. The summed E-state index contributed by atoms with van der Waals surface area (Å²) in [4.78, 5) is 25.4. The third-order valence-electron chi connectivity index (χ3n) is 5.03. The van der Waals surface area contributed by atoms with Crippen LogP contribution in [0.15, 0.2) is 35.3 Å². The number of fused-ring (bicyclic) bond motifs is 1. The van der Waals surface area contributed by atoms with Gasteiger partial charge < -0.3 is 14.6 Å². The van der Waals surface area contributed by atoms with Crippen LogP contribution in [0.25, 0.3) is 10.8 Å². The summed E-state index contributed by atoms with van der Waals surface area (Å²) in [6.45, 7) is 2.21. The molecular weight excluding hydrogens is 304 g/mol. The molecule has 5 heteroatoms. The van der Waals surface area contributed by atoms with Crippen LogP contribution in [0.1, 0.15) is 42.1 Å². The first kappa shape index (κ1) is 15.4. The SMILES string of the molecule is O=C(NCC1CCOCC1)c1cn(C2CC2)c(=O)c2ccccc12. The van der Waals surface area contributed by atoms with Crippen LogP contribution in [-0.4, -0.2) is 30.2 Å². The lowest BCUT2D eigenvalue weighted by Gasteiger charge is -2.22. The maximum absolute atomic E-state index is 12.8. The van der Waals surface area contributed by atoms with Gasteiger partial charge in [0.2, 0.25) is 0 Å². The number of benzene rings is 1. The van der Waals surface area contributed by atoms with E-state index in [1.54, 1.807) is 10.8 Å². The Balaban J connectivity index is 1.63. The highest BCUT2D eigenvalue weighted by Crippen LogP contribution is 2.34. The smallest absolute Gasteiger partial charge is 0.258 e. The van der Waals surface area contributed by atoms with Crippen molar-refractivity contribution in [2.75, 3.05) is 19.8 Å². The minimum absolute atomic E-state index is 0.00841. The molecule has 1 saturated heterocycles. The Bertz CT molecular complexity index is 817. The van der Waals surface area contributed by atoms with Gasteiger partial charge in [-0.3, -0.25) is 9.59 Å². The largest absolute Gasteiger partial charge is 0.381 e. The standard InChI is InChI=1S/C19H22N2O3/c22-18(20-11-13-7-9-24-10-8-13)17-12-21(14-5-6-14)19(23)16-4-2-1-3-15(16)17/h1-4,12-14H,5-11H2,(H,20,22). The quantitative estimate of drug-likeness (QED) is 0.939. The van der Waals surface area contributed by atoms with Crippen LogP contribution >= 0.6 is 0 Å². The van der Waals surface area contributed by atoms with Crippen LogP contribution in [0.2, 0.25) is 0 Å². The minimum Gasteiger partial charge on any atom is -0.381 e. The van der Waals surface area contributed by atoms with E-state index in [1.165, 1.54) is 0 Å². The zero-order chi connectivity index (χ0) is 16.5. The number of ether oxygens (including phenoxy) is 1. The van der Waals surface area contributed by atoms with Crippen molar-refractivity contribution in [3.05, 3.63) is 46.4 Å². The fourth-order valence-corrected chi connectivity index (χ4v) is 3.40.